The molecule has 0 unspecified atom stereocenters. The van der Waals surface area contributed by atoms with Crippen molar-refractivity contribution in [3.8, 4) is 11.5 Å². The number of anilines is 1. The van der Waals surface area contributed by atoms with Gasteiger partial charge in [-0.1, -0.05) is 36.1 Å². The van der Waals surface area contributed by atoms with Crippen LogP contribution < -0.4 is 14.4 Å². The Morgan fingerprint density at radius 3 is 2.46 bits per heavy atom. The van der Waals surface area contributed by atoms with Crippen LogP contribution in [0.15, 0.2) is 60.7 Å². The van der Waals surface area contributed by atoms with E-state index in [1.54, 1.807) is 31.2 Å². The second-order valence-electron chi connectivity index (χ2n) is 8.94. The fourth-order valence-corrected chi connectivity index (χ4v) is 5.47. The third kappa shape index (κ3) is 5.05. The van der Waals surface area contributed by atoms with E-state index in [2.05, 4.69) is 11.6 Å². The highest BCUT2D eigenvalue weighted by atomic mass is 32.1. The summed E-state index contributed by atoms with van der Waals surface area (Å²) in [7, 11) is 1.25. The number of methoxy groups -OCH3 is 1. The smallest absolute Gasteiger partial charge is 0.350 e. The number of nitrogens with zero attached hydrogens (tertiary/aromatic N) is 2. The molecule has 3 heterocycles. The number of carbonyl (C=O) groups is 4. The van der Waals surface area contributed by atoms with Crippen LogP contribution in [-0.2, 0) is 19.1 Å². The second-order valence-corrected chi connectivity index (χ2v) is 9.92. The summed E-state index contributed by atoms with van der Waals surface area (Å²) in [5.74, 6) is -2.71. The third-order valence-corrected chi connectivity index (χ3v) is 7.55. The molecule has 1 amide bonds. The van der Waals surface area contributed by atoms with Crippen LogP contribution in [-0.4, -0.2) is 60.6 Å². The standard InChI is InChI=1S/C29H24N2O9S/c1-4-11-40-28(36)25-15(2)30-29(41-25)31-22(16-5-7-17(8-6-16)27(35)37-3)21(24(33)26(31)34)23(32)18-9-10-19-20(14-18)39-13-12-38-19/h4-10,14,22,32H,1,11-13H2,2-3H3/t22-/m0/s1. The van der Waals surface area contributed by atoms with Crippen molar-refractivity contribution in [1.29, 1.82) is 0 Å². The van der Waals surface area contributed by atoms with E-state index in [4.69, 9.17) is 18.9 Å². The lowest BCUT2D eigenvalue weighted by atomic mass is 9.94. The predicted octanol–water partition coefficient (Wildman–Crippen LogP) is 3.98. The molecule has 12 heteroatoms. The largest absolute Gasteiger partial charge is 0.507 e. The fourth-order valence-electron chi connectivity index (χ4n) is 4.49. The molecule has 1 atom stereocenters. The molecule has 0 spiro atoms. The molecule has 1 N–H and O–H groups in total. The van der Waals surface area contributed by atoms with Gasteiger partial charge in [-0.05, 0) is 42.8 Å². The molecule has 1 saturated heterocycles. The van der Waals surface area contributed by atoms with Gasteiger partial charge in [-0.25, -0.2) is 14.6 Å². The Kier molecular flexibility index (Phi) is 7.58. The number of hydrogen-bond acceptors (Lipinski definition) is 11. The van der Waals surface area contributed by atoms with Gasteiger partial charge in [0.05, 0.1) is 30.0 Å². The summed E-state index contributed by atoms with van der Waals surface area (Å²) in [6.45, 7) is 5.78. The number of Topliss-reactive ketones (excluding diaryl/α,β-unsaturated/α-hetero) is 1. The van der Waals surface area contributed by atoms with E-state index in [-0.39, 0.29) is 33.3 Å². The lowest BCUT2D eigenvalue weighted by Crippen LogP contribution is -2.29. The molecule has 2 aliphatic heterocycles. The first-order valence-corrected chi connectivity index (χ1v) is 13.2. The van der Waals surface area contributed by atoms with Crippen molar-refractivity contribution in [2.45, 2.75) is 13.0 Å². The number of hydrogen-bond donors (Lipinski definition) is 1. The average Bonchev–Trinajstić information content (AvgIpc) is 3.50. The quantitative estimate of drug-likeness (QED) is 0.144. The van der Waals surface area contributed by atoms with Crippen molar-refractivity contribution in [3.63, 3.8) is 0 Å². The number of carbonyl (C=O) groups excluding carboxylic acids is 4. The first kappa shape index (κ1) is 27.6. The van der Waals surface area contributed by atoms with Gasteiger partial charge in [0.2, 0.25) is 0 Å². The molecule has 2 aliphatic rings. The Morgan fingerprint density at radius 2 is 1.78 bits per heavy atom. The molecular weight excluding hydrogens is 552 g/mol. The highest BCUT2D eigenvalue weighted by molar-refractivity contribution is 7.17. The molecule has 3 aromatic rings. The molecule has 5 rings (SSSR count). The van der Waals surface area contributed by atoms with E-state index in [0.29, 0.717) is 36.0 Å². The maximum Gasteiger partial charge on any atom is 0.350 e. The number of aryl methyl sites for hydroxylation is 1. The van der Waals surface area contributed by atoms with E-state index < -0.39 is 35.4 Å². The minimum atomic E-state index is -1.14. The molecule has 41 heavy (non-hydrogen) atoms. The number of aliphatic hydroxyl groups excluding tert-OH is 1. The summed E-state index contributed by atoms with van der Waals surface area (Å²) in [5.41, 5.74) is 0.970. The lowest BCUT2D eigenvalue weighted by Gasteiger charge is -2.23. The number of rotatable bonds is 7. The Labute approximate surface area is 238 Å². The maximum atomic E-state index is 13.5. The van der Waals surface area contributed by atoms with Crippen LogP contribution >= 0.6 is 11.3 Å². The van der Waals surface area contributed by atoms with E-state index in [1.165, 1.54) is 31.4 Å². The van der Waals surface area contributed by atoms with Crippen LogP contribution in [0.3, 0.4) is 0 Å². The molecular formula is C29H24N2O9S. The molecule has 0 aliphatic carbocycles. The molecule has 210 valence electrons. The molecule has 2 aromatic carbocycles. The number of amides is 1. The number of fused-ring (bicyclic) bond motifs is 1. The van der Waals surface area contributed by atoms with Crippen LogP contribution in [0.5, 0.6) is 11.5 Å². The maximum absolute atomic E-state index is 13.5. The molecule has 1 aromatic heterocycles. The summed E-state index contributed by atoms with van der Waals surface area (Å²) in [5, 5.41) is 11.5. The SMILES string of the molecule is C=CCOC(=O)c1sc(N2C(=O)C(=O)C(=C(O)c3ccc4c(c3)OCCO4)[C@@H]2c2ccc(C(=O)OC)cc2)nc1C. The molecule has 0 radical (unpaired) electrons. The third-order valence-electron chi connectivity index (χ3n) is 6.42. The Bertz CT molecular complexity index is 1610. The Morgan fingerprint density at radius 1 is 1.10 bits per heavy atom. The Hall–Kier alpha value is -4.97. The first-order chi connectivity index (χ1) is 19.7. The molecule has 1 fully saturated rings. The fraction of sp³-hybridized carbons (Fsp3) is 0.207. The lowest BCUT2D eigenvalue weighted by molar-refractivity contribution is -0.132. The van der Waals surface area contributed by atoms with Crippen molar-refractivity contribution in [2.24, 2.45) is 0 Å². The monoisotopic (exact) mass is 576 g/mol. The minimum absolute atomic E-state index is 0.0158. The van der Waals surface area contributed by atoms with Gasteiger partial charge in [0.25, 0.3) is 5.78 Å². The van der Waals surface area contributed by atoms with Crippen LogP contribution in [0.4, 0.5) is 5.13 Å². The van der Waals surface area contributed by atoms with Gasteiger partial charge in [-0.2, -0.15) is 0 Å². The van der Waals surface area contributed by atoms with Gasteiger partial charge in [-0.15, -0.1) is 0 Å². The topological polar surface area (TPSA) is 142 Å². The van der Waals surface area contributed by atoms with Gasteiger partial charge in [0.15, 0.2) is 16.6 Å². The van der Waals surface area contributed by atoms with E-state index in [9.17, 15) is 24.3 Å². The van der Waals surface area contributed by atoms with Crippen LogP contribution in [0.25, 0.3) is 5.76 Å². The van der Waals surface area contributed by atoms with Gasteiger partial charge < -0.3 is 24.1 Å². The van der Waals surface area contributed by atoms with Crippen LogP contribution in [0.1, 0.15) is 42.9 Å². The van der Waals surface area contributed by atoms with Crippen molar-refractivity contribution < 1.29 is 43.2 Å². The number of thiazole rings is 1. The van der Waals surface area contributed by atoms with E-state index >= 15 is 0 Å². The highest BCUT2D eigenvalue weighted by Gasteiger charge is 2.48. The summed E-state index contributed by atoms with van der Waals surface area (Å²) in [6.07, 6.45) is 1.42. The highest BCUT2D eigenvalue weighted by Crippen LogP contribution is 2.44. The zero-order chi connectivity index (χ0) is 29.3. The molecule has 0 bridgehead atoms. The number of aromatic nitrogens is 1. The van der Waals surface area contributed by atoms with Crippen molar-refractivity contribution in [1.82, 2.24) is 4.98 Å². The van der Waals surface area contributed by atoms with Gasteiger partial charge in [-0.3, -0.25) is 14.5 Å². The van der Waals surface area contributed by atoms with Gasteiger partial charge >= 0.3 is 17.8 Å². The van der Waals surface area contributed by atoms with Crippen molar-refractivity contribution >= 4 is 45.9 Å². The summed E-state index contributed by atoms with van der Waals surface area (Å²) >= 11 is 0.877. The summed E-state index contributed by atoms with van der Waals surface area (Å²) < 4.78 is 21.1. The zero-order valence-corrected chi connectivity index (χ0v) is 22.9. The summed E-state index contributed by atoms with van der Waals surface area (Å²) in [4.78, 5) is 57.3. The predicted molar refractivity (Wildman–Crippen MR) is 147 cm³/mol. The number of ether oxygens (including phenoxy) is 4. The van der Waals surface area contributed by atoms with E-state index in [0.717, 1.165) is 16.2 Å². The van der Waals surface area contributed by atoms with Gasteiger partial charge in [0.1, 0.15) is 30.5 Å². The Balaban J connectivity index is 1.65. The normalized spacial score (nSPS) is 17.3. The number of ketones is 1. The van der Waals surface area contributed by atoms with Crippen molar-refractivity contribution in [2.75, 3.05) is 31.8 Å². The number of esters is 2. The van der Waals surface area contributed by atoms with Crippen LogP contribution in [0, 0.1) is 6.92 Å². The second kappa shape index (κ2) is 11.3. The minimum Gasteiger partial charge on any atom is -0.507 e. The zero-order valence-electron chi connectivity index (χ0n) is 22.0. The van der Waals surface area contributed by atoms with Crippen molar-refractivity contribution in [3.05, 3.63) is 88.0 Å². The molecule has 11 nitrogen and oxygen atoms in total. The van der Waals surface area contributed by atoms with E-state index in [1.807, 2.05) is 0 Å². The first-order valence-electron chi connectivity index (χ1n) is 12.4. The number of benzene rings is 2. The van der Waals surface area contributed by atoms with Crippen LogP contribution in [0.2, 0.25) is 0 Å². The summed E-state index contributed by atoms with van der Waals surface area (Å²) in [6, 6.07) is 9.60. The molecule has 0 saturated carbocycles. The van der Waals surface area contributed by atoms with Gasteiger partial charge in [0, 0.05) is 5.56 Å². The average molecular weight is 577 g/mol. The number of aliphatic hydroxyl groups is 1.